The van der Waals surface area contributed by atoms with Crippen molar-refractivity contribution in [2.45, 2.75) is 44.8 Å². The molecule has 1 atom stereocenters. The van der Waals surface area contributed by atoms with Crippen LogP contribution in [0.4, 0.5) is 5.69 Å². The molecule has 0 aromatic carbocycles. The molecule has 2 fully saturated rings. The first-order valence-electron chi connectivity index (χ1n) is 8.81. The largest absolute Gasteiger partial charge is 0.393 e. The monoisotopic (exact) mass is 330 g/mol. The Balaban J connectivity index is 1.70. The summed E-state index contributed by atoms with van der Waals surface area (Å²) in [7, 11) is 0. The average molecular weight is 330 g/mol. The highest BCUT2D eigenvalue weighted by molar-refractivity contribution is 5.43. The minimum Gasteiger partial charge on any atom is -0.393 e. The summed E-state index contributed by atoms with van der Waals surface area (Å²) in [4.78, 5) is 17.0. The lowest BCUT2D eigenvalue weighted by atomic mass is 10.1. The lowest BCUT2D eigenvalue weighted by Gasteiger charge is -2.33. The van der Waals surface area contributed by atoms with Crippen molar-refractivity contribution in [1.29, 1.82) is 0 Å². The zero-order chi connectivity index (χ0) is 16.9. The Labute approximate surface area is 143 Å². The van der Waals surface area contributed by atoms with E-state index < -0.39 is 0 Å². The van der Waals surface area contributed by atoms with Crippen LogP contribution >= 0.6 is 0 Å². The number of anilines is 1. The lowest BCUT2D eigenvalue weighted by molar-refractivity contribution is 0.145. The highest BCUT2D eigenvalue weighted by Gasteiger charge is 2.23. The number of aromatic nitrogens is 2. The van der Waals surface area contributed by atoms with Crippen LogP contribution in [-0.2, 0) is 0 Å². The quantitative estimate of drug-likeness (QED) is 0.833. The van der Waals surface area contributed by atoms with Gasteiger partial charge in [-0.2, -0.15) is 5.10 Å². The van der Waals surface area contributed by atoms with Crippen LogP contribution in [-0.4, -0.2) is 58.6 Å². The van der Waals surface area contributed by atoms with Crippen LogP contribution in [0.5, 0.6) is 0 Å². The van der Waals surface area contributed by atoms with Gasteiger partial charge in [0.05, 0.1) is 30.6 Å². The summed E-state index contributed by atoms with van der Waals surface area (Å²) in [6.45, 7) is 6.03. The van der Waals surface area contributed by atoms with E-state index in [0.29, 0.717) is 0 Å². The number of hydrogen-bond acceptors (Lipinski definition) is 5. The van der Waals surface area contributed by atoms with Crippen molar-refractivity contribution in [3.05, 3.63) is 22.6 Å². The number of aliphatic hydroxyl groups is 1. The molecular formula is C18H26N4O2. The van der Waals surface area contributed by atoms with Gasteiger partial charge in [0.1, 0.15) is 0 Å². The Morgan fingerprint density at radius 1 is 1.29 bits per heavy atom. The maximum atomic E-state index is 12.5. The van der Waals surface area contributed by atoms with Gasteiger partial charge in [-0.25, -0.2) is 4.68 Å². The first kappa shape index (κ1) is 17.0. The molecule has 0 radical (unpaired) electrons. The molecule has 0 aliphatic carbocycles. The van der Waals surface area contributed by atoms with Gasteiger partial charge >= 0.3 is 0 Å². The van der Waals surface area contributed by atoms with Crippen LogP contribution in [0.1, 0.15) is 38.6 Å². The minimum atomic E-state index is -0.214. The Kier molecular flexibility index (Phi) is 5.54. The van der Waals surface area contributed by atoms with Gasteiger partial charge in [-0.15, -0.1) is 5.92 Å². The predicted molar refractivity (Wildman–Crippen MR) is 94.1 cm³/mol. The van der Waals surface area contributed by atoms with Gasteiger partial charge < -0.3 is 10.0 Å². The van der Waals surface area contributed by atoms with Crippen molar-refractivity contribution in [1.82, 2.24) is 14.7 Å². The van der Waals surface area contributed by atoms with Crippen LogP contribution in [0.2, 0.25) is 0 Å². The van der Waals surface area contributed by atoms with E-state index in [-0.39, 0.29) is 17.7 Å². The molecule has 0 bridgehead atoms. The molecule has 0 amide bonds. The fraction of sp³-hybridized carbons (Fsp3) is 0.667. The Morgan fingerprint density at radius 2 is 2.08 bits per heavy atom. The van der Waals surface area contributed by atoms with E-state index >= 15 is 0 Å². The third kappa shape index (κ3) is 3.97. The maximum Gasteiger partial charge on any atom is 0.269 e. The number of piperidine rings is 2. The topological polar surface area (TPSA) is 61.6 Å². The molecule has 1 aromatic rings. The molecule has 130 valence electrons. The van der Waals surface area contributed by atoms with Gasteiger partial charge in [0.2, 0.25) is 0 Å². The van der Waals surface area contributed by atoms with Crippen molar-refractivity contribution >= 4 is 5.69 Å². The van der Waals surface area contributed by atoms with Gasteiger partial charge in [0.15, 0.2) is 0 Å². The van der Waals surface area contributed by atoms with E-state index in [4.69, 9.17) is 0 Å². The molecule has 0 saturated carbocycles. The van der Waals surface area contributed by atoms with Crippen LogP contribution < -0.4 is 10.5 Å². The molecule has 6 heteroatoms. The smallest absolute Gasteiger partial charge is 0.269 e. The van der Waals surface area contributed by atoms with Crippen molar-refractivity contribution in [3.63, 3.8) is 0 Å². The second-order valence-corrected chi connectivity index (χ2v) is 6.67. The first-order valence-corrected chi connectivity index (χ1v) is 8.81. The van der Waals surface area contributed by atoms with E-state index in [1.807, 2.05) is 6.92 Å². The Bertz CT molecular complexity index is 668. The fourth-order valence-corrected chi connectivity index (χ4v) is 3.54. The third-order valence-electron chi connectivity index (χ3n) is 4.95. The Hall–Kier alpha value is -1.84. The SMILES string of the molecule is CC#CCN1CCCC(n2ncc(N3CCC(O)CC3)cc2=O)C1. The molecule has 1 N–H and O–H groups in total. The molecule has 2 saturated heterocycles. The minimum absolute atomic E-state index is 0.0351. The molecule has 0 spiro atoms. The first-order chi connectivity index (χ1) is 11.7. The number of nitrogens with zero attached hydrogens (tertiary/aromatic N) is 4. The lowest BCUT2D eigenvalue weighted by Crippen LogP contribution is -2.41. The molecule has 3 rings (SSSR count). The molecule has 1 unspecified atom stereocenters. The molecular weight excluding hydrogens is 304 g/mol. The normalized spacial score (nSPS) is 22.9. The highest BCUT2D eigenvalue weighted by atomic mass is 16.3. The summed E-state index contributed by atoms with van der Waals surface area (Å²) in [5, 5.41) is 14.1. The van der Waals surface area contributed by atoms with Gasteiger partial charge in [0.25, 0.3) is 5.56 Å². The van der Waals surface area contributed by atoms with E-state index in [9.17, 15) is 9.90 Å². The molecule has 6 nitrogen and oxygen atoms in total. The summed E-state index contributed by atoms with van der Waals surface area (Å²) in [5.74, 6) is 6.03. The van der Waals surface area contributed by atoms with Crippen molar-refractivity contribution in [2.24, 2.45) is 0 Å². The van der Waals surface area contributed by atoms with Crippen LogP contribution in [0.25, 0.3) is 0 Å². The number of hydrogen-bond donors (Lipinski definition) is 1. The van der Waals surface area contributed by atoms with E-state index in [1.54, 1.807) is 16.9 Å². The average Bonchev–Trinajstić information content (AvgIpc) is 2.61. The molecule has 2 aliphatic rings. The molecule has 1 aromatic heterocycles. The summed E-state index contributed by atoms with van der Waals surface area (Å²) < 4.78 is 1.63. The third-order valence-corrected chi connectivity index (χ3v) is 4.95. The van der Waals surface area contributed by atoms with Gasteiger partial charge in [-0.05, 0) is 39.2 Å². The van der Waals surface area contributed by atoms with Crippen LogP contribution in [0, 0.1) is 11.8 Å². The van der Waals surface area contributed by atoms with Crippen LogP contribution in [0.3, 0.4) is 0 Å². The van der Waals surface area contributed by atoms with Crippen LogP contribution in [0.15, 0.2) is 17.1 Å². The summed E-state index contributed by atoms with van der Waals surface area (Å²) in [5.41, 5.74) is 0.833. The van der Waals surface area contributed by atoms with E-state index in [2.05, 4.69) is 26.7 Å². The second-order valence-electron chi connectivity index (χ2n) is 6.67. The van der Waals surface area contributed by atoms with Gasteiger partial charge in [-0.1, -0.05) is 5.92 Å². The summed E-state index contributed by atoms with van der Waals surface area (Å²) >= 11 is 0. The van der Waals surface area contributed by atoms with Crippen molar-refractivity contribution < 1.29 is 5.11 Å². The fourth-order valence-electron chi connectivity index (χ4n) is 3.54. The van der Waals surface area contributed by atoms with E-state index in [1.165, 1.54) is 0 Å². The van der Waals surface area contributed by atoms with Gasteiger partial charge in [0, 0.05) is 25.7 Å². The molecule has 24 heavy (non-hydrogen) atoms. The van der Waals surface area contributed by atoms with E-state index in [0.717, 1.165) is 64.1 Å². The standard InChI is InChI=1S/C18H26N4O2/c1-2-3-8-20-9-4-5-15(14-20)22-18(24)12-16(13-19-22)21-10-6-17(23)7-11-21/h12-13,15,17,23H,4-11,14H2,1H3. The van der Waals surface area contributed by atoms with Crippen molar-refractivity contribution in [3.8, 4) is 11.8 Å². The highest BCUT2D eigenvalue weighted by Crippen LogP contribution is 2.21. The predicted octanol–water partition coefficient (Wildman–Crippen LogP) is 0.865. The maximum absolute atomic E-state index is 12.5. The second kappa shape index (κ2) is 7.82. The zero-order valence-corrected chi connectivity index (χ0v) is 14.3. The summed E-state index contributed by atoms with van der Waals surface area (Å²) in [6, 6.07) is 1.82. The molecule has 2 aliphatic heterocycles. The summed E-state index contributed by atoms with van der Waals surface area (Å²) in [6.07, 6.45) is 5.13. The number of likely N-dealkylation sites (tertiary alicyclic amines) is 1. The zero-order valence-electron chi connectivity index (χ0n) is 14.3. The Morgan fingerprint density at radius 3 is 2.79 bits per heavy atom. The molecule has 3 heterocycles. The number of rotatable bonds is 3. The number of aliphatic hydroxyl groups excluding tert-OH is 1. The van der Waals surface area contributed by atoms with Crippen molar-refractivity contribution in [2.75, 3.05) is 37.6 Å². The van der Waals surface area contributed by atoms with Gasteiger partial charge in [-0.3, -0.25) is 9.69 Å².